The Bertz CT molecular complexity index is 600. The molecular weight excluding hydrogens is 291 g/mol. The van der Waals surface area contributed by atoms with Crippen LogP contribution in [0.1, 0.15) is 17.3 Å². The van der Waals surface area contributed by atoms with E-state index >= 15 is 0 Å². The van der Waals surface area contributed by atoms with E-state index < -0.39 is 5.91 Å². The summed E-state index contributed by atoms with van der Waals surface area (Å²) in [5, 5.41) is 9.30. The normalized spacial score (nSPS) is 10.3. The first-order valence-corrected chi connectivity index (χ1v) is 6.18. The second-order valence-corrected chi connectivity index (χ2v) is 4.24. The van der Waals surface area contributed by atoms with Gasteiger partial charge in [0.1, 0.15) is 0 Å². The van der Waals surface area contributed by atoms with Crippen molar-refractivity contribution >= 4 is 35.1 Å². The van der Waals surface area contributed by atoms with Gasteiger partial charge in [0.25, 0.3) is 5.91 Å². The van der Waals surface area contributed by atoms with Gasteiger partial charge in [-0.25, -0.2) is 5.10 Å². The quantitative estimate of drug-likeness (QED) is 0.910. The van der Waals surface area contributed by atoms with E-state index in [0.29, 0.717) is 11.6 Å². The number of aromatic amines is 1. The maximum Gasteiger partial charge on any atom is 0.337 e. The van der Waals surface area contributed by atoms with E-state index in [1.54, 1.807) is 25.1 Å². The van der Waals surface area contributed by atoms with Gasteiger partial charge < -0.3 is 4.74 Å². The molecule has 0 aliphatic rings. The number of hydrogen-bond acceptors (Lipinski definition) is 4. The molecule has 0 unspecified atom stereocenters. The standard InChI is InChI=1S/C11H10Cl2N4O2/c1-2-19-11-15-10(16-17-11)14-9(18)6-4-3-5-7(12)8(6)13/h3-5H,2H2,1H3,(H2,14,15,16,17,18). The molecule has 0 saturated heterocycles. The second kappa shape index (κ2) is 5.90. The number of aromatic nitrogens is 3. The van der Waals surface area contributed by atoms with Crippen LogP contribution in [0, 0.1) is 0 Å². The number of hydrogen-bond donors (Lipinski definition) is 2. The Morgan fingerprint density at radius 1 is 1.47 bits per heavy atom. The molecule has 100 valence electrons. The first-order chi connectivity index (χ1) is 9.11. The predicted molar refractivity (Wildman–Crippen MR) is 72.0 cm³/mol. The highest BCUT2D eigenvalue weighted by Gasteiger charge is 2.14. The number of ether oxygens (including phenoxy) is 1. The molecule has 2 rings (SSSR count). The van der Waals surface area contributed by atoms with Gasteiger partial charge in [-0.2, -0.15) is 4.98 Å². The lowest BCUT2D eigenvalue weighted by Crippen LogP contribution is -2.13. The SMILES string of the molecule is CCOc1n[nH]c(NC(=O)c2cccc(Cl)c2Cl)n1. The lowest BCUT2D eigenvalue weighted by atomic mass is 10.2. The van der Waals surface area contributed by atoms with Crippen LogP contribution in [0.4, 0.5) is 5.95 Å². The van der Waals surface area contributed by atoms with Gasteiger partial charge in [-0.3, -0.25) is 10.1 Å². The summed E-state index contributed by atoms with van der Waals surface area (Å²) < 4.78 is 5.06. The van der Waals surface area contributed by atoms with E-state index in [1.807, 2.05) is 0 Å². The predicted octanol–water partition coefficient (Wildman–Crippen LogP) is 2.76. The molecule has 0 atom stereocenters. The van der Waals surface area contributed by atoms with Crippen molar-refractivity contribution in [1.82, 2.24) is 15.2 Å². The van der Waals surface area contributed by atoms with Crippen molar-refractivity contribution < 1.29 is 9.53 Å². The average molecular weight is 301 g/mol. The topological polar surface area (TPSA) is 79.9 Å². The summed E-state index contributed by atoms with van der Waals surface area (Å²) in [7, 11) is 0. The van der Waals surface area contributed by atoms with Crippen LogP contribution >= 0.6 is 23.2 Å². The van der Waals surface area contributed by atoms with Gasteiger partial charge >= 0.3 is 6.01 Å². The van der Waals surface area contributed by atoms with Crippen molar-refractivity contribution in [2.75, 3.05) is 11.9 Å². The van der Waals surface area contributed by atoms with Crippen molar-refractivity contribution in [2.24, 2.45) is 0 Å². The molecule has 0 saturated carbocycles. The molecule has 2 N–H and O–H groups in total. The molecule has 1 amide bonds. The van der Waals surface area contributed by atoms with Crippen LogP contribution in [0.25, 0.3) is 0 Å². The fraction of sp³-hybridized carbons (Fsp3) is 0.182. The summed E-state index contributed by atoms with van der Waals surface area (Å²) >= 11 is 11.8. The van der Waals surface area contributed by atoms with Gasteiger partial charge in [0.15, 0.2) is 0 Å². The van der Waals surface area contributed by atoms with Gasteiger partial charge in [0.2, 0.25) is 5.95 Å². The third-order valence-electron chi connectivity index (χ3n) is 2.17. The fourth-order valence-electron chi connectivity index (χ4n) is 1.35. The smallest absolute Gasteiger partial charge is 0.337 e. The number of carbonyl (C=O) groups is 1. The van der Waals surface area contributed by atoms with E-state index in [1.165, 1.54) is 0 Å². The highest BCUT2D eigenvalue weighted by Crippen LogP contribution is 2.25. The Kier molecular flexibility index (Phi) is 4.24. The average Bonchev–Trinajstić information content (AvgIpc) is 2.80. The minimum Gasteiger partial charge on any atom is -0.463 e. The highest BCUT2D eigenvalue weighted by atomic mass is 35.5. The Hall–Kier alpha value is -1.79. The number of nitrogens with one attached hydrogen (secondary N) is 2. The van der Waals surface area contributed by atoms with Crippen LogP contribution in [0.3, 0.4) is 0 Å². The van der Waals surface area contributed by atoms with Crippen molar-refractivity contribution in [3.8, 4) is 6.01 Å². The Morgan fingerprint density at radius 3 is 3.00 bits per heavy atom. The summed E-state index contributed by atoms with van der Waals surface area (Å²) in [6.07, 6.45) is 0. The molecule has 6 nitrogen and oxygen atoms in total. The number of benzene rings is 1. The van der Waals surface area contributed by atoms with Gasteiger partial charge in [-0.15, -0.1) is 5.10 Å². The summed E-state index contributed by atoms with van der Waals surface area (Å²) in [6.45, 7) is 2.24. The summed E-state index contributed by atoms with van der Waals surface area (Å²) in [4.78, 5) is 15.9. The highest BCUT2D eigenvalue weighted by molar-refractivity contribution is 6.44. The third-order valence-corrected chi connectivity index (χ3v) is 2.99. The molecule has 1 aromatic heterocycles. The molecule has 0 bridgehead atoms. The Balaban J connectivity index is 2.14. The van der Waals surface area contributed by atoms with Crippen molar-refractivity contribution in [1.29, 1.82) is 0 Å². The van der Waals surface area contributed by atoms with E-state index in [4.69, 9.17) is 27.9 Å². The van der Waals surface area contributed by atoms with E-state index in [9.17, 15) is 4.79 Å². The molecule has 8 heteroatoms. The first-order valence-electron chi connectivity index (χ1n) is 5.42. The number of nitrogens with zero attached hydrogens (tertiary/aromatic N) is 2. The minimum atomic E-state index is -0.438. The van der Waals surface area contributed by atoms with Crippen LogP contribution in [-0.4, -0.2) is 27.7 Å². The van der Waals surface area contributed by atoms with Gasteiger partial charge in [-0.05, 0) is 19.1 Å². The fourth-order valence-corrected chi connectivity index (χ4v) is 1.74. The second-order valence-electron chi connectivity index (χ2n) is 3.46. The van der Waals surface area contributed by atoms with E-state index in [0.717, 1.165) is 0 Å². The van der Waals surface area contributed by atoms with Crippen LogP contribution in [0.2, 0.25) is 10.0 Å². The number of amides is 1. The first kappa shape index (κ1) is 13.6. The Labute approximate surface area is 119 Å². The van der Waals surface area contributed by atoms with Crippen LogP contribution in [0.5, 0.6) is 6.01 Å². The van der Waals surface area contributed by atoms with Gasteiger partial charge in [-0.1, -0.05) is 29.3 Å². The van der Waals surface area contributed by atoms with E-state index in [-0.39, 0.29) is 22.5 Å². The molecule has 1 aromatic carbocycles. The molecule has 0 spiro atoms. The molecule has 0 radical (unpaired) electrons. The molecule has 0 fully saturated rings. The molecular formula is C11H10Cl2N4O2. The van der Waals surface area contributed by atoms with Crippen LogP contribution < -0.4 is 10.1 Å². The molecule has 0 aliphatic heterocycles. The number of halogens is 2. The number of carbonyl (C=O) groups excluding carboxylic acids is 1. The summed E-state index contributed by atoms with van der Waals surface area (Å²) in [5.41, 5.74) is 0.253. The number of H-pyrrole nitrogens is 1. The van der Waals surface area contributed by atoms with Gasteiger partial charge in [0, 0.05) is 0 Å². The maximum atomic E-state index is 12.0. The molecule has 2 aromatic rings. The zero-order chi connectivity index (χ0) is 13.8. The molecule has 1 heterocycles. The Morgan fingerprint density at radius 2 is 2.26 bits per heavy atom. The van der Waals surface area contributed by atoms with Crippen molar-refractivity contribution in [3.63, 3.8) is 0 Å². The maximum absolute atomic E-state index is 12.0. The summed E-state index contributed by atoms with van der Waals surface area (Å²) in [6, 6.07) is 4.95. The zero-order valence-corrected chi connectivity index (χ0v) is 11.4. The molecule has 0 aliphatic carbocycles. The van der Waals surface area contributed by atoms with E-state index in [2.05, 4.69) is 20.5 Å². The number of rotatable bonds is 4. The lowest BCUT2D eigenvalue weighted by Gasteiger charge is -2.04. The van der Waals surface area contributed by atoms with Gasteiger partial charge in [0.05, 0.1) is 22.2 Å². The zero-order valence-electron chi connectivity index (χ0n) is 9.91. The third kappa shape index (κ3) is 3.15. The van der Waals surface area contributed by atoms with Crippen molar-refractivity contribution in [3.05, 3.63) is 33.8 Å². The largest absolute Gasteiger partial charge is 0.463 e. The lowest BCUT2D eigenvalue weighted by molar-refractivity contribution is 0.102. The number of anilines is 1. The van der Waals surface area contributed by atoms with Crippen LogP contribution in [-0.2, 0) is 0 Å². The van der Waals surface area contributed by atoms with Crippen molar-refractivity contribution in [2.45, 2.75) is 6.92 Å². The minimum absolute atomic E-state index is 0.162. The summed E-state index contributed by atoms with van der Waals surface area (Å²) in [5.74, 6) is -0.267. The van der Waals surface area contributed by atoms with Crippen LogP contribution in [0.15, 0.2) is 18.2 Å². The molecule has 19 heavy (non-hydrogen) atoms. The monoisotopic (exact) mass is 300 g/mol.